The second-order valence-electron chi connectivity index (χ2n) is 22.2. The van der Waals surface area contributed by atoms with Gasteiger partial charge in [0.15, 0.2) is 0 Å². The number of rotatable bonds is 20. The van der Waals surface area contributed by atoms with Gasteiger partial charge in [-0.15, -0.1) is 0 Å². The van der Waals surface area contributed by atoms with Crippen LogP contribution in [0.25, 0.3) is 0 Å². The minimum atomic E-state index is -0.645. The minimum Gasteiger partial charge on any atom is -0.489 e. The molecule has 14 nitrogen and oxygen atoms in total. The molecular formula is C58H74N8O6S. The second-order valence-corrected chi connectivity index (χ2v) is 23.2. The Balaban J connectivity index is 0.563. The monoisotopic (exact) mass is 1010 g/mol. The van der Waals surface area contributed by atoms with E-state index in [-0.39, 0.29) is 41.7 Å². The Hall–Kier alpha value is -5.35. The van der Waals surface area contributed by atoms with Crippen molar-refractivity contribution >= 4 is 46.9 Å². The number of hydrogen-bond acceptors (Lipinski definition) is 12. The molecule has 6 aliphatic rings. The number of unbranched alkanes of at least 4 members (excludes halogenated alkanes) is 4. The number of hydrogen-bond donors (Lipinski definition) is 3. The number of carbonyl (C=O) groups is 4. The van der Waals surface area contributed by atoms with E-state index in [1.54, 1.807) is 22.7 Å². The number of amides is 4. The fourth-order valence-electron chi connectivity index (χ4n) is 12.7. The summed E-state index contributed by atoms with van der Waals surface area (Å²) in [5.41, 5.74) is 11.7. The van der Waals surface area contributed by atoms with Gasteiger partial charge in [0.05, 0.1) is 31.6 Å². The van der Waals surface area contributed by atoms with E-state index < -0.39 is 11.9 Å². The predicted molar refractivity (Wildman–Crippen MR) is 283 cm³/mol. The van der Waals surface area contributed by atoms with Crippen LogP contribution in [0.5, 0.6) is 5.75 Å². The zero-order chi connectivity index (χ0) is 50.4. The van der Waals surface area contributed by atoms with Gasteiger partial charge in [-0.2, -0.15) is 0 Å². The molecule has 5 fully saturated rings. The molecule has 5 aliphatic heterocycles. The predicted octanol–water partition coefficient (Wildman–Crippen LogP) is 9.09. The van der Waals surface area contributed by atoms with Crippen molar-refractivity contribution in [1.29, 1.82) is 0 Å². The Kier molecular flexibility index (Phi) is 16.1. The fourth-order valence-corrected chi connectivity index (χ4v) is 13.5. The Bertz CT molecular complexity index is 2580. The van der Waals surface area contributed by atoms with Gasteiger partial charge in [-0.1, -0.05) is 86.7 Å². The summed E-state index contributed by atoms with van der Waals surface area (Å²) in [6, 6.07) is 21.6. The lowest BCUT2D eigenvalue weighted by Crippen LogP contribution is -2.58. The third-order valence-corrected chi connectivity index (χ3v) is 17.9. The number of nitrogens with zero attached hydrogens (tertiary/aromatic N) is 5. The maximum absolute atomic E-state index is 13.2. The summed E-state index contributed by atoms with van der Waals surface area (Å²) in [4.78, 5) is 67.3. The van der Waals surface area contributed by atoms with Crippen molar-refractivity contribution in [1.82, 2.24) is 25.1 Å². The summed E-state index contributed by atoms with van der Waals surface area (Å²) in [6.45, 7) is 9.05. The molecule has 6 heterocycles. The highest BCUT2D eigenvalue weighted by molar-refractivity contribution is 7.99. The Morgan fingerprint density at radius 2 is 1.71 bits per heavy atom. The number of benzene rings is 3. The van der Waals surface area contributed by atoms with Crippen molar-refractivity contribution in [2.75, 3.05) is 49.5 Å². The van der Waals surface area contributed by atoms with E-state index in [2.05, 4.69) is 51.6 Å². The van der Waals surface area contributed by atoms with Crippen molar-refractivity contribution in [2.45, 2.75) is 157 Å². The van der Waals surface area contributed by atoms with Gasteiger partial charge in [0.1, 0.15) is 29.2 Å². The third-order valence-electron chi connectivity index (χ3n) is 17.0. The van der Waals surface area contributed by atoms with Crippen LogP contribution < -0.4 is 26.0 Å². The van der Waals surface area contributed by atoms with Gasteiger partial charge < -0.3 is 35.2 Å². The summed E-state index contributed by atoms with van der Waals surface area (Å²) < 4.78 is 12.1. The first-order valence-electron chi connectivity index (χ1n) is 27.2. The van der Waals surface area contributed by atoms with Crippen LogP contribution in [0.15, 0.2) is 89.0 Å². The number of aromatic nitrogens is 2. The molecule has 4 saturated heterocycles. The summed E-state index contributed by atoms with van der Waals surface area (Å²) >= 11 is 1.55. The van der Waals surface area contributed by atoms with Crippen LogP contribution in [0, 0.1) is 16.7 Å². The van der Waals surface area contributed by atoms with Crippen LogP contribution in [0.3, 0.4) is 0 Å². The molecular weight excluding hydrogens is 937 g/mol. The van der Waals surface area contributed by atoms with Crippen molar-refractivity contribution in [3.8, 4) is 5.75 Å². The number of aryl methyl sites for hydroxylation is 1. The largest absolute Gasteiger partial charge is 0.489 e. The molecule has 4 atom stereocenters. The van der Waals surface area contributed by atoms with E-state index in [1.807, 2.05) is 48.8 Å². The van der Waals surface area contributed by atoms with Crippen LogP contribution in [0.4, 0.5) is 11.5 Å². The number of ether oxygens (including phenoxy) is 2. The zero-order valence-electron chi connectivity index (χ0n) is 42.7. The van der Waals surface area contributed by atoms with Gasteiger partial charge in [-0.25, -0.2) is 9.97 Å². The van der Waals surface area contributed by atoms with Crippen molar-refractivity contribution in [3.63, 3.8) is 0 Å². The van der Waals surface area contributed by atoms with E-state index in [0.29, 0.717) is 42.7 Å². The molecule has 3 aromatic carbocycles. The molecule has 4 aromatic rings. The van der Waals surface area contributed by atoms with E-state index >= 15 is 0 Å². The highest BCUT2D eigenvalue weighted by Crippen LogP contribution is 2.47. The molecule has 0 bridgehead atoms. The molecule has 1 aliphatic carbocycles. The number of fused-ring (bicyclic) bond motifs is 1. The number of imide groups is 1. The standard InChI is InChI=1S/C58H74N8O6S/c1-40-54(59)58(39-72-40)26-29-65(30-27-58)50-33-61-53(34-60-50)73-45-15-8-14-44(31-45)62-51(67)18-5-3-2-4-6-28-64-37-57(38-64)25-10-13-42(32-57)12-7-11-41-19-21-43(22-20-41)36-71-49-17-9-16-46-47(49)35-66(56(46)70)48-23-24-52(68)63-55(48)69/h8-9,14-17,19-22,31,33-34,40,42,48,54H,2-7,10-13,18,23-30,32,35-39,59H2,1H3,(H,62,67)(H,63,68,69)/t40?,42?,48?,54-/m1/s1. The van der Waals surface area contributed by atoms with E-state index in [0.717, 1.165) is 90.3 Å². The van der Waals surface area contributed by atoms with Gasteiger partial charge in [-0.3, -0.25) is 24.5 Å². The molecule has 4 N–H and O–H groups in total. The summed E-state index contributed by atoms with van der Waals surface area (Å²) in [7, 11) is 0. The normalized spacial score (nSPS) is 23.4. The van der Waals surface area contributed by atoms with E-state index in [4.69, 9.17) is 25.2 Å². The summed E-state index contributed by atoms with van der Waals surface area (Å²) in [5, 5.41) is 6.30. The van der Waals surface area contributed by atoms with E-state index in [9.17, 15) is 19.2 Å². The zero-order valence-corrected chi connectivity index (χ0v) is 43.5. The minimum absolute atomic E-state index is 0.0697. The number of likely N-dealkylation sites (tertiary alicyclic amines) is 1. The first kappa shape index (κ1) is 51.1. The summed E-state index contributed by atoms with van der Waals surface area (Å²) in [6.07, 6.45) is 21.6. The lowest BCUT2D eigenvalue weighted by molar-refractivity contribution is -0.137. The molecule has 4 amide bonds. The summed E-state index contributed by atoms with van der Waals surface area (Å²) in [5.74, 6) is 1.55. The van der Waals surface area contributed by atoms with Gasteiger partial charge in [-0.05, 0) is 124 Å². The molecule has 73 heavy (non-hydrogen) atoms. The van der Waals surface area contributed by atoms with Gasteiger partial charge in [0, 0.05) is 72.2 Å². The van der Waals surface area contributed by atoms with Crippen LogP contribution in [-0.2, 0) is 38.7 Å². The molecule has 15 heteroatoms. The highest BCUT2D eigenvalue weighted by atomic mass is 32.2. The number of piperidine rings is 2. The number of nitrogens with two attached hydrogens (primary N) is 1. The smallest absolute Gasteiger partial charge is 0.255 e. The molecule has 3 unspecified atom stereocenters. The maximum Gasteiger partial charge on any atom is 0.255 e. The lowest BCUT2D eigenvalue weighted by Gasteiger charge is -2.54. The quantitative estimate of drug-likeness (QED) is 0.0568. The number of carbonyl (C=O) groups excluding carboxylic acids is 4. The molecule has 0 radical (unpaired) electrons. The Morgan fingerprint density at radius 1 is 0.918 bits per heavy atom. The van der Waals surface area contributed by atoms with Crippen LogP contribution in [-0.4, -0.2) is 101 Å². The Labute approximate surface area is 435 Å². The lowest BCUT2D eigenvalue weighted by atomic mass is 9.64. The van der Waals surface area contributed by atoms with Gasteiger partial charge in [0.2, 0.25) is 17.7 Å². The van der Waals surface area contributed by atoms with Gasteiger partial charge in [0.25, 0.3) is 5.91 Å². The third kappa shape index (κ3) is 12.3. The average molecular weight is 1010 g/mol. The average Bonchev–Trinajstić information content (AvgIpc) is 3.86. The number of anilines is 2. The molecule has 2 spiro atoms. The van der Waals surface area contributed by atoms with Crippen molar-refractivity contribution in [2.24, 2.45) is 22.5 Å². The van der Waals surface area contributed by atoms with Crippen LogP contribution in [0.2, 0.25) is 0 Å². The van der Waals surface area contributed by atoms with Crippen LogP contribution >= 0.6 is 11.8 Å². The molecule has 388 valence electrons. The maximum atomic E-state index is 13.2. The van der Waals surface area contributed by atoms with Crippen molar-refractivity contribution in [3.05, 3.63) is 101 Å². The molecule has 1 saturated carbocycles. The Morgan fingerprint density at radius 3 is 2.49 bits per heavy atom. The molecule has 1 aromatic heterocycles. The topological polar surface area (TPSA) is 172 Å². The van der Waals surface area contributed by atoms with Crippen LogP contribution in [0.1, 0.15) is 137 Å². The molecule has 10 rings (SSSR count). The van der Waals surface area contributed by atoms with Crippen molar-refractivity contribution < 1.29 is 28.7 Å². The van der Waals surface area contributed by atoms with Gasteiger partial charge >= 0.3 is 0 Å². The fraction of sp³-hybridized carbons (Fsp3) is 0.552. The first-order chi connectivity index (χ1) is 35.5. The SMILES string of the molecule is CC1OCC2(CCN(c3cnc(Sc4cccc(NC(=O)CCCCCCCN5CC6(CCCC(CCCc7ccc(COc8cccc9c8CN(C8CCC(=O)NC8=O)C9=O)cc7)C6)C5)c4)cn3)CC2)[C@@H]1N. The van der Waals surface area contributed by atoms with E-state index in [1.165, 1.54) is 83.0 Å². The first-order valence-corrected chi connectivity index (χ1v) is 28.0. The second kappa shape index (κ2) is 23.0. The highest BCUT2D eigenvalue weighted by Gasteiger charge is 2.48. The number of nitrogens with one attached hydrogen (secondary N) is 2.